The number of aryl methyl sites for hydroxylation is 1. The van der Waals surface area contributed by atoms with Gasteiger partial charge in [-0.15, -0.1) is 0 Å². The number of hydrogen-bond donors (Lipinski definition) is 1. The molecule has 1 aromatic heterocycles. The summed E-state index contributed by atoms with van der Waals surface area (Å²) < 4.78 is 4.68. The van der Waals surface area contributed by atoms with Crippen molar-refractivity contribution >= 4 is 27.5 Å². The van der Waals surface area contributed by atoms with Crippen molar-refractivity contribution in [2.45, 2.75) is 32.0 Å². The smallest absolute Gasteiger partial charge is 0.240 e. The van der Waals surface area contributed by atoms with Crippen LogP contribution in [0.15, 0.2) is 12.1 Å². The number of anilines is 1. The van der Waals surface area contributed by atoms with Gasteiger partial charge in [0.25, 0.3) is 0 Å². The molecule has 0 unspecified atom stereocenters. The Hall–Kier alpha value is -1.10. The summed E-state index contributed by atoms with van der Waals surface area (Å²) in [6.45, 7) is 7.89. The summed E-state index contributed by atoms with van der Waals surface area (Å²) >= 11 is 3.31. The highest BCUT2D eigenvalue weighted by Gasteiger charge is 2.24. The quantitative estimate of drug-likeness (QED) is 0.870. The van der Waals surface area contributed by atoms with Gasteiger partial charge in [0.15, 0.2) is 0 Å². The van der Waals surface area contributed by atoms with Crippen LogP contribution in [0.1, 0.15) is 26.5 Å². The lowest BCUT2D eigenvalue weighted by atomic mass is 10.2. The van der Waals surface area contributed by atoms with Crippen LogP contribution in [-0.2, 0) is 4.79 Å². The van der Waals surface area contributed by atoms with Gasteiger partial charge < -0.3 is 10.1 Å². The number of halogens is 1. The number of aromatic nitrogens is 1. The Labute approximate surface area is 110 Å². The number of carbonyl (C=O) groups excluding carboxylic acids is 1. The first-order valence-corrected chi connectivity index (χ1v) is 6.24. The standard InChI is InChI=1S/C12H17BrN2O2/c1-5-17-10-7-6-9(8(2)14-10)15-11(16)12(3,4)13/h6-7H,5H2,1-4H3,(H,15,16). The van der Waals surface area contributed by atoms with Crippen LogP contribution < -0.4 is 10.1 Å². The Morgan fingerprint density at radius 2 is 2.18 bits per heavy atom. The molecule has 1 N–H and O–H groups in total. The van der Waals surface area contributed by atoms with E-state index in [1.165, 1.54) is 0 Å². The fraction of sp³-hybridized carbons (Fsp3) is 0.500. The fourth-order valence-electron chi connectivity index (χ4n) is 1.17. The minimum Gasteiger partial charge on any atom is -0.478 e. The number of nitrogens with zero attached hydrogens (tertiary/aromatic N) is 1. The van der Waals surface area contributed by atoms with E-state index in [4.69, 9.17) is 4.74 Å². The van der Waals surface area contributed by atoms with Gasteiger partial charge in [-0.2, -0.15) is 0 Å². The van der Waals surface area contributed by atoms with Crippen molar-refractivity contribution < 1.29 is 9.53 Å². The third-order valence-corrected chi connectivity index (χ3v) is 2.50. The SMILES string of the molecule is CCOc1ccc(NC(=O)C(C)(C)Br)c(C)n1. The molecule has 94 valence electrons. The largest absolute Gasteiger partial charge is 0.478 e. The summed E-state index contributed by atoms with van der Waals surface area (Å²) in [5.74, 6) is 0.465. The van der Waals surface area contributed by atoms with Gasteiger partial charge in [-0.05, 0) is 33.8 Å². The maximum absolute atomic E-state index is 11.8. The highest BCUT2D eigenvalue weighted by atomic mass is 79.9. The summed E-state index contributed by atoms with van der Waals surface area (Å²) in [6.07, 6.45) is 0. The second-order valence-corrected chi connectivity index (χ2v) is 6.12. The molecule has 1 heterocycles. The maximum Gasteiger partial charge on any atom is 0.240 e. The van der Waals surface area contributed by atoms with Gasteiger partial charge in [-0.1, -0.05) is 15.9 Å². The molecule has 0 aliphatic heterocycles. The van der Waals surface area contributed by atoms with E-state index >= 15 is 0 Å². The predicted octanol–water partition coefficient (Wildman–Crippen LogP) is 2.90. The Bertz CT molecular complexity index is 413. The molecule has 5 heteroatoms. The lowest BCUT2D eigenvalue weighted by molar-refractivity contribution is -0.117. The van der Waals surface area contributed by atoms with E-state index in [2.05, 4.69) is 26.2 Å². The molecule has 0 radical (unpaired) electrons. The number of rotatable bonds is 4. The molecule has 17 heavy (non-hydrogen) atoms. The molecule has 0 aliphatic carbocycles. The number of hydrogen-bond acceptors (Lipinski definition) is 3. The Morgan fingerprint density at radius 3 is 2.65 bits per heavy atom. The summed E-state index contributed by atoms with van der Waals surface area (Å²) in [6, 6.07) is 3.54. The Balaban J connectivity index is 2.83. The van der Waals surface area contributed by atoms with Gasteiger partial charge in [-0.3, -0.25) is 4.79 Å². The molecule has 0 fully saturated rings. The molecular weight excluding hydrogens is 284 g/mol. The minimum absolute atomic E-state index is 0.105. The summed E-state index contributed by atoms with van der Waals surface area (Å²) in [5.41, 5.74) is 1.44. The lowest BCUT2D eigenvalue weighted by Gasteiger charge is -2.17. The third kappa shape index (κ3) is 4.00. The number of alkyl halides is 1. The van der Waals surface area contributed by atoms with Crippen LogP contribution in [0, 0.1) is 6.92 Å². The molecule has 0 spiro atoms. The van der Waals surface area contributed by atoms with E-state index in [1.807, 2.05) is 13.8 Å². The van der Waals surface area contributed by atoms with Crippen LogP contribution in [0.4, 0.5) is 5.69 Å². The number of pyridine rings is 1. The maximum atomic E-state index is 11.8. The number of amides is 1. The average Bonchev–Trinajstić information content (AvgIpc) is 2.21. The lowest BCUT2D eigenvalue weighted by Crippen LogP contribution is -2.31. The van der Waals surface area contributed by atoms with Crippen molar-refractivity contribution in [2.75, 3.05) is 11.9 Å². The topological polar surface area (TPSA) is 51.2 Å². The van der Waals surface area contributed by atoms with Gasteiger partial charge in [0.2, 0.25) is 11.8 Å². The summed E-state index contributed by atoms with van der Waals surface area (Å²) in [4.78, 5) is 16.0. The molecule has 1 rings (SSSR count). The van der Waals surface area contributed by atoms with Crippen LogP contribution >= 0.6 is 15.9 Å². The monoisotopic (exact) mass is 300 g/mol. The number of nitrogens with one attached hydrogen (secondary N) is 1. The first-order valence-electron chi connectivity index (χ1n) is 5.45. The fourth-order valence-corrected chi connectivity index (χ4v) is 1.27. The number of ether oxygens (including phenoxy) is 1. The van der Waals surface area contributed by atoms with Gasteiger partial charge in [0.1, 0.15) is 0 Å². The van der Waals surface area contributed by atoms with Gasteiger partial charge in [0, 0.05) is 6.07 Å². The van der Waals surface area contributed by atoms with E-state index < -0.39 is 4.32 Å². The van der Waals surface area contributed by atoms with E-state index in [-0.39, 0.29) is 5.91 Å². The second-order valence-electron chi connectivity index (χ2n) is 4.14. The van der Waals surface area contributed by atoms with Crippen LogP contribution in [0.3, 0.4) is 0 Å². The molecule has 1 amide bonds. The zero-order chi connectivity index (χ0) is 13.1. The van der Waals surface area contributed by atoms with E-state index in [1.54, 1.807) is 26.0 Å². The predicted molar refractivity (Wildman–Crippen MR) is 71.8 cm³/mol. The van der Waals surface area contributed by atoms with Crippen molar-refractivity contribution in [1.82, 2.24) is 4.98 Å². The summed E-state index contributed by atoms with van der Waals surface area (Å²) in [7, 11) is 0. The van der Waals surface area contributed by atoms with Gasteiger partial charge in [-0.25, -0.2) is 4.98 Å². The Morgan fingerprint density at radius 1 is 1.53 bits per heavy atom. The van der Waals surface area contributed by atoms with Crippen LogP contribution in [0.25, 0.3) is 0 Å². The van der Waals surface area contributed by atoms with Gasteiger partial charge in [0.05, 0.1) is 22.3 Å². The summed E-state index contributed by atoms with van der Waals surface area (Å²) in [5, 5.41) is 2.82. The van der Waals surface area contributed by atoms with Crippen LogP contribution in [-0.4, -0.2) is 21.8 Å². The molecule has 0 aliphatic rings. The van der Waals surface area contributed by atoms with E-state index in [9.17, 15) is 4.79 Å². The van der Waals surface area contributed by atoms with Crippen molar-refractivity contribution in [2.24, 2.45) is 0 Å². The van der Waals surface area contributed by atoms with Gasteiger partial charge >= 0.3 is 0 Å². The zero-order valence-corrected chi connectivity index (χ0v) is 12.1. The average molecular weight is 301 g/mol. The van der Waals surface area contributed by atoms with E-state index in [0.717, 1.165) is 5.69 Å². The van der Waals surface area contributed by atoms with Crippen molar-refractivity contribution in [3.8, 4) is 5.88 Å². The zero-order valence-electron chi connectivity index (χ0n) is 10.5. The Kier molecular flexibility index (Phi) is 4.51. The molecule has 4 nitrogen and oxygen atoms in total. The second kappa shape index (κ2) is 5.49. The first kappa shape index (κ1) is 14.0. The number of carbonyl (C=O) groups is 1. The molecular formula is C12H17BrN2O2. The molecule has 1 aromatic rings. The van der Waals surface area contributed by atoms with Crippen LogP contribution in [0.5, 0.6) is 5.88 Å². The molecule has 0 aromatic carbocycles. The minimum atomic E-state index is -0.599. The normalized spacial score (nSPS) is 11.1. The molecule has 0 bridgehead atoms. The third-order valence-electron chi connectivity index (χ3n) is 2.14. The van der Waals surface area contributed by atoms with E-state index in [0.29, 0.717) is 18.2 Å². The molecule has 0 saturated heterocycles. The molecule has 0 atom stereocenters. The van der Waals surface area contributed by atoms with Crippen molar-refractivity contribution in [1.29, 1.82) is 0 Å². The van der Waals surface area contributed by atoms with Crippen LogP contribution in [0.2, 0.25) is 0 Å². The first-order chi connectivity index (χ1) is 7.84. The van der Waals surface area contributed by atoms with Crippen molar-refractivity contribution in [3.63, 3.8) is 0 Å². The highest BCUT2D eigenvalue weighted by molar-refractivity contribution is 9.10. The van der Waals surface area contributed by atoms with Crippen molar-refractivity contribution in [3.05, 3.63) is 17.8 Å². The molecule has 0 saturated carbocycles. The highest BCUT2D eigenvalue weighted by Crippen LogP contribution is 2.21.